The van der Waals surface area contributed by atoms with Gasteiger partial charge in [-0.2, -0.15) is 0 Å². The maximum Gasteiger partial charge on any atom is 0.312 e. The van der Waals surface area contributed by atoms with Crippen LogP contribution < -0.4 is 0 Å². The van der Waals surface area contributed by atoms with Crippen LogP contribution in [-0.4, -0.2) is 18.2 Å². The highest BCUT2D eigenvalue weighted by atomic mass is 16.5. The first-order chi connectivity index (χ1) is 9.06. The average molecular weight is 249 g/mol. The van der Waals surface area contributed by atoms with Crippen molar-refractivity contribution in [2.45, 2.75) is 38.5 Å². The average Bonchev–Trinajstić information content (AvgIpc) is 3.22. The van der Waals surface area contributed by atoms with Crippen molar-refractivity contribution in [1.82, 2.24) is 0 Å². The fraction of sp³-hybridized carbons (Fsp3) is 0.533. The van der Waals surface area contributed by atoms with Crippen LogP contribution in [0.15, 0.2) is 18.2 Å². The zero-order valence-electron chi connectivity index (χ0n) is 11.8. The molecule has 0 aliphatic heterocycles. The number of hydrogen-bond donors (Lipinski definition) is 1. The van der Waals surface area contributed by atoms with Crippen molar-refractivity contribution in [1.29, 1.82) is 0 Å². The van der Waals surface area contributed by atoms with Crippen LogP contribution in [0.25, 0.3) is 0 Å². The van der Waals surface area contributed by atoms with E-state index in [4.69, 9.17) is 1.37 Å². The van der Waals surface area contributed by atoms with Crippen molar-refractivity contribution < 1.29 is 16.0 Å². The SMILES string of the molecule is [2H]COC(=O)C(C)c1cccc(C(C)C2CC2)c1O. The minimum absolute atomic E-state index is 0.205. The Morgan fingerprint density at radius 3 is 2.72 bits per heavy atom. The molecule has 2 rings (SSSR count). The number of rotatable bonds is 4. The van der Waals surface area contributed by atoms with Gasteiger partial charge in [-0.3, -0.25) is 4.79 Å². The molecule has 3 nitrogen and oxygen atoms in total. The topological polar surface area (TPSA) is 46.5 Å². The van der Waals surface area contributed by atoms with Crippen LogP contribution in [-0.2, 0) is 9.53 Å². The predicted molar refractivity (Wildman–Crippen MR) is 69.7 cm³/mol. The van der Waals surface area contributed by atoms with Crippen molar-refractivity contribution >= 4 is 5.97 Å². The van der Waals surface area contributed by atoms with Gasteiger partial charge in [-0.1, -0.05) is 25.1 Å². The summed E-state index contributed by atoms with van der Waals surface area (Å²) in [6, 6.07) is 5.53. The molecule has 2 unspecified atom stereocenters. The molecule has 1 aromatic carbocycles. The first kappa shape index (κ1) is 11.6. The fourth-order valence-corrected chi connectivity index (χ4v) is 2.40. The molecule has 0 heterocycles. The largest absolute Gasteiger partial charge is 0.507 e. The van der Waals surface area contributed by atoms with Crippen molar-refractivity contribution in [3.8, 4) is 5.75 Å². The normalized spacial score (nSPS) is 18.9. The van der Waals surface area contributed by atoms with E-state index in [2.05, 4.69) is 11.7 Å². The number of para-hydroxylation sites is 1. The van der Waals surface area contributed by atoms with Gasteiger partial charge in [-0.15, -0.1) is 0 Å². The van der Waals surface area contributed by atoms with Crippen LogP contribution in [0.1, 0.15) is 51.0 Å². The molecule has 3 heteroatoms. The summed E-state index contributed by atoms with van der Waals surface area (Å²) in [6.45, 7) is 3.81. The highest BCUT2D eigenvalue weighted by Crippen LogP contribution is 2.46. The number of phenolic OH excluding ortho intramolecular Hbond substituents is 1. The molecule has 98 valence electrons. The summed E-state index contributed by atoms with van der Waals surface area (Å²) >= 11 is 0. The molecule has 1 aromatic rings. The standard InChI is InChI=1S/C15H20O3/c1-9(11-7-8-11)12-5-4-6-13(14(12)16)10(2)15(17)18-3/h4-6,9-11,16H,7-8H2,1-3H3/i3D. The van der Waals surface area contributed by atoms with E-state index >= 15 is 0 Å². The number of carbonyl (C=O) groups excluding carboxylic acids is 1. The van der Waals surface area contributed by atoms with Gasteiger partial charge in [0.1, 0.15) is 5.75 Å². The van der Waals surface area contributed by atoms with E-state index in [1.807, 2.05) is 12.1 Å². The monoisotopic (exact) mass is 249 g/mol. The minimum atomic E-state index is -0.545. The van der Waals surface area contributed by atoms with E-state index < -0.39 is 11.9 Å². The smallest absolute Gasteiger partial charge is 0.312 e. The van der Waals surface area contributed by atoms with Crippen LogP contribution in [0, 0.1) is 5.92 Å². The van der Waals surface area contributed by atoms with E-state index in [0.29, 0.717) is 17.4 Å². The van der Waals surface area contributed by atoms with Gasteiger partial charge in [0.25, 0.3) is 0 Å². The Morgan fingerprint density at radius 1 is 1.44 bits per heavy atom. The van der Waals surface area contributed by atoms with Crippen molar-refractivity contribution in [2.24, 2.45) is 5.92 Å². The lowest BCUT2D eigenvalue weighted by molar-refractivity contribution is -0.142. The molecule has 2 atom stereocenters. The Labute approximate surface area is 109 Å². The third-order valence-corrected chi connectivity index (χ3v) is 3.88. The lowest BCUT2D eigenvalue weighted by atomic mass is 9.90. The predicted octanol–water partition coefficient (Wildman–Crippen LogP) is 3.18. The summed E-state index contributed by atoms with van der Waals surface area (Å²) in [7, 11) is -0.387. The van der Waals surface area contributed by atoms with Gasteiger partial charge in [-0.05, 0) is 37.2 Å². The molecule has 1 fully saturated rings. The molecule has 0 spiro atoms. The van der Waals surface area contributed by atoms with E-state index in [9.17, 15) is 9.90 Å². The van der Waals surface area contributed by atoms with E-state index in [1.165, 1.54) is 12.8 Å². The molecule has 1 N–H and O–H groups in total. The quantitative estimate of drug-likeness (QED) is 0.834. The lowest BCUT2D eigenvalue weighted by Crippen LogP contribution is -2.11. The Bertz CT molecular complexity index is 468. The summed E-state index contributed by atoms with van der Waals surface area (Å²) in [5.74, 6) is 0.158. The summed E-state index contributed by atoms with van der Waals surface area (Å²) in [5.41, 5.74) is 1.49. The minimum Gasteiger partial charge on any atom is -0.507 e. The van der Waals surface area contributed by atoms with Crippen LogP contribution >= 0.6 is 0 Å². The van der Waals surface area contributed by atoms with Crippen LogP contribution in [0.4, 0.5) is 0 Å². The maximum atomic E-state index is 11.7. The highest BCUT2D eigenvalue weighted by Gasteiger charge is 2.31. The van der Waals surface area contributed by atoms with Gasteiger partial charge in [0, 0.05) is 5.56 Å². The fourth-order valence-electron chi connectivity index (χ4n) is 2.40. The van der Waals surface area contributed by atoms with Crippen molar-refractivity contribution in [3.63, 3.8) is 0 Å². The van der Waals surface area contributed by atoms with Gasteiger partial charge in [0.05, 0.1) is 14.4 Å². The van der Waals surface area contributed by atoms with Crippen LogP contribution in [0.2, 0.25) is 0 Å². The molecular formula is C15H20O3. The molecule has 1 saturated carbocycles. The first-order valence-corrected chi connectivity index (χ1v) is 6.34. The van der Waals surface area contributed by atoms with Crippen molar-refractivity contribution in [2.75, 3.05) is 7.09 Å². The molecule has 0 amide bonds. The number of carbonyl (C=O) groups is 1. The van der Waals surface area contributed by atoms with Gasteiger partial charge >= 0.3 is 5.97 Å². The Hall–Kier alpha value is -1.51. The van der Waals surface area contributed by atoms with E-state index in [1.54, 1.807) is 13.0 Å². The molecule has 1 aliphatic carbocycles. The van der Waals surface area contributed by atoms with E-state index in [0.717, 1.165) is 5.56 Å². The second kappa shape index (κ2) is 5.01. The Kier molecular flexibility index (Phi) is 3.22. The zero-order valence-corrected chi connectivity index (χ0v) is 10.8. The number of phenols is 1. The van der Waals surface area contributed by atoms with E-state index in [-0.39, 0.29) is 12.8 Å². The molecule has 0 aromatic heterocycles. The Morgan fingerprint density at radius 2 is 2.11 bits per heavy atom. The second-order valence-electron chi connectivity index (χ2n) is 5.10. The lowest BCUT2D eigenvalue weighted by Gasteiger charge is -2.17. The Balaban J connectivity index is 2.26. The van der Waals surface area contributed by atoms with Crippen molar-refractivity contribution in [3.05, 3.63) is 29.3 Å². The van der Waals surface area contributed by atoms with Gasteiger partial charge in [0.2, 0.25) is 0 Å². The number of hydrogen-bond acceptors (Lipinski definition) is 3. The summed E-state index contributed by atoms with van der Waals surface area (Å²) in [5, 5.41) is 10.4. The molecule has 0 radical (unpaired) electrons. The molecule has 1 aliphatic rings. The van der Waals surface area contributed by atoms with Crippen LogP contribution in [0.3, 0.4) is 0 Å². The molecular weight excluding hydrogens is 228 g/mol. The third kappa shape index (κ3) is 2.35. The number of esters is 1. The van der Waals surface area contributed by atoms with Gasteiger partial charge in [-0.25, -0.2) is 0 Å². The number of ether oxygens (including phenoxy) is 1. The van der Waals surface area contributed by atoms with Gasteiger partial charge < -0.3 is 9.84 Å². The second-order valence-corrected chi connectivity index (χ2v) is 5.10. The molecule has 18 heavy (non-hydrogen) atoms. The molecule has 0 bridgehead atoms. The zero-order chi connectivity index (χ0) is 14.0. The summed E-state index contributed by atoms with van der Waals surface area (Å²) in [4.78, 5) is 11.7. The highest BCUT2D eigenvalue weighted by molar-refractivity contribution is 5.78. The first-order valence-electron chi connectivity index (χ1n) is 7.04. The third-order valence-electron chi connectivity index (χ3n) is 3.88. The van der Waals surface area contributed by atoms with Gasteiger partial charge in [0.15, 0.2) is 0 Å². The van der Waals surface area contributed by atoms with Crippen LogP contribution in [0.5, 0.6) is 5.75 Å². The maximum absolute atomic E-state index is 11.7. The summed E-state index contributed by atoms with van der Waals surface area (Å²) < 4.78 is 11.6. The number of aromatic hydroxyl groups is 1. The number of benzene rings is 1. The summed E-state index contributed by atoms with van der Waals surface area (Å²) in [6.07, 6.45) is 2.42. The number of methoxy groups -OCH3 is 1. The molecule has 0 saturated heterocycles.